The molecule has 1 atom stereocenters. The summed E-state index contributed by atoms with van der Waals surface area (Å²) >= 11 is 0. The summed E-state index contributed by atoms with van der Waals surface area (Å²) in [4.78, 5) is 14.4. The largest absolute Gasteiger partial charge is 0.492 e. The lowest BCUT2D eigenvalue weighted by Gasteiger charge is -2.34. The molecule has 1 aliphatic heterocycles. The lowest BCUT2D eigenvalue weighted by atomic mass is 10.0. The molecule has 1 unspecified atom stereocenters. The number of hydrogen-bond donors (Lipinski definition) is 1. The Morgan fingerprint density at radius 3 is 2.62 bits per heavy atom. The van der Waals surface area contributed by atoms with Crippen LogP contribution in [0.2, 0.25) is 0 Å². The van der Waals surface area contributed by atoms with E-state index in [0.717, 1.165) is 22.7 Å². The van der Waals surface area contributed by atoms with Crippen molar-refractivity contribution < 1.29 is 9.53 Å². The molecule has 0 aliphatic carbocycles. The highest BCUT2D eigenvalue weighted by Gasteiger charge is 2.29. The highest BCUT2D eigenvalue weighted by Crippen LogP contribution is 2.33. The number of nitrogens with zero attached hydrogens (tertiary/aromatic N) is 1. The normalized spacial score (nSPS) is 16.6. The van der Waals surface area contributed by atoms with E-state index in [4.69, 9.17) is 4.74 Å². The Hall–Kier alpha value is -2.49. The lowest BCUT2D eigenvalue weighted by molar-refractivity contribution is -0.119. The van der Waals surface area contributed by atoms with Crippen molar-refractivity contribution in [2.45, 2.75) is 33.7 Å². The number of carbonyl (C=O) groups excluding carboxylic acids is 1. The molecule has 24 heavy (non-hydrogen) atoms. The smallest absolute Gasteiger partial charge is 0.249 e. The van der Waals surface area contributed by atoms with Crippen molar-refractivity contribution in [1.29, 1.82) is 0 Å². The van der Waals surface area contributed by atoms with Crippen LogP contribution in [0.3, 0.4) is 0 Å². The van der Waals surface area contributed by atoms with Gasteiger partial charge in [0.05, 0.1) is 17.9 Å². The number of hydrogen-bond acceptors (Lipinski definition) is 3. The minimum Gasteiger partial charge on any atom is -0.492 e. The summed E-state index contributed by atoms with van der Waals surface area (Å²) < 4.78 is 5.83. The van der Waals surface area contributed by atoms with Gasteiger partial charge in [-0.1, -0.05) is 12.1 Å². The minimum atomic E-state index is -0.224. The maximum atomic E-state index is 12.6. The number of anilines is 2. The van der Waals surface area contributed by atoms with Crippen LogP contribution in [0.1, 0.15) is 23.6 Å². The second kappa shape index (κ2) is 6.56. The van der Waals surface area contributed by atoms with E-state index in [1.165, 1.54) is 11.1 Å². The molecule has 3 rings (SSSR count). The van der Waals surface area contributed by atoms with Crippen molar-refractivity contribution in [3.8, 4) is 5.75 Å². The summed E-state index contributed by atoms with van der Waals surface area (Å²) in [5.41, 5.74) is 5.52. The average molecular weight is 324 g/mol. The number of carbonyl (C=O) groups is 1. The quantitative estimate of drug-likeness (QED) is 0.929. The lowest BCUT2D eigenvalue weighted by Crippen LogP contribution is -2.47. The first-order chi connectivity index (χ1) is 11.5. The molecule has 0 spiro atoms. The van der Waals surface area contributed by atoms with Gasteiger partial charge in [0, 0.05) is 0 Å². The molecular weight excluding hydrogens is 300 g/mol. The van der Waals surface area contributed by atoms with Gasteiger partial charge in [0.1, 0.15) is 18.4 Å². The number of amides is 1. The van der Waals surface area contributed by atoms with E-state index < -0.39 is 0 Å². The van der Waals surface area contributed by atoms with Crippen molar-refractivity contribution in [2.24, 2.45) is 0 Å². The summed E-state index contributed by atoms with van der Waals surface area (Å²) in [5.74, 6) is 0.921. The molecule has 4 nitrogen and oxygen atoms in total. The van der Waals surface area contributed by atoms with E-state index in [-0.39, 0.29) is 11.9 Å². The highest BCUT2D eigenvalue weighted by atomic mass is 16.5. The van der Waals surface area contributed by atoms with Crippen LogP contribution in [0.4, 0.5) is 11.4 Å². The molecule has 2 aromatic carbocycles. The van der Waals surface area contributed by atoms with E-state index >= 15 is 0 Å². The molecule has 0 fully saturated rings. The van der Waals surface area contributed by atoms with Gasteiger partial charge in [-0.25, -0.2) is 0 Å². The summed E-state index contributed by atoms with van der Waals surface area (Å²) in [7, 11) is 0. The van der Waals surface area contributed by atoms with Crippen LogP contribution in [0.15, 0.2) is 36.4 Å². The fourth-order valence-electron chi connectivity index (χ4n) is 2.98. The second-order valence-corrected chi connectivity index (χ2v) is 6.47. The molecular formula is C20H24N2O2. The number of nitrogens with one attached hydrogen (secondary N) is 1. The molecule has 0 radical (unpaired) electrons. The number of fused-ring (bicyclic) bond motifs is 1. The highest BCUT2D eigenvalue weighted by molar-refractivity contribution is 6.04. The number of rotatable bonds is 4. The maximum absolute atomic E-state index is 12.6. The van der Waals surface area contributed by atoms with Gasteiger partial charge in [-0.2, -0.15) is 0 Å². The van der Waals surface area contributed by atoms with Crippen molar-refractivity contribution in [3.63, 3.8) is 0 Å². The minimum absolute atomic E-state index is 0.0820. The predicted octanol–water partition coefficient (Wildman–Crippen LogP) is 3.84. The third kappa shape index (κ3) is 3.23. The third-order valence-electron chi connectivity index (χ3n) is 4.48. The van der Waals surface area contributed by atoms with Crippen LogP contribution in [0.25, 0.3) is 0 Å². The monoisotopic (exact) mass is 324 g/mol. The molecule has 1 amide bonds. The third-order valence-corrected chi connectivity index (χ3v) is 4.48. The van der Waals surface area contributed by atoms with E-state index in [9.17, 15) is 4.79 Å². The Morgan fingerprint density at radius 1 is 1.12 bits per heavy atom. The average Bonchev–Trinajstić information content (AvgIpc) is 2.53. The van der Waals surface area contributed by atoms with Crippen LogP contribution in [0, 0.1) is 20.8 Å². The predicted molar refractivity (Wildman–Crippen MR) is 98.0 cm³/mol. The standard InChI is InChI=1S/C20H24N2O2/c1-13-6-5-7-17(10-13)24-9-8-22-19-12-15(3)14(2)11-18(19)21-16(4)20(22)23/h5-7,10-12,16,21H,8-9H2,1-4H3. The van der Waals surface area contributed by atoms with Crippen molar-refractivity contribution in [1.82, 2.24) is 0 Å². The van der Waals surface area contributed by atoms with Gasteiger partial charge in [-0.15, -0.1) is 0 Å². The fraction of sp³-hybridized carbons (Fsp3) is 0.350. The summed E-state index contributed by atoms with van der Waals surface area (Å²) in [6, 6.07) is 11.9. The molecule has 4 heteroatoms. The zero-order valence-electron chi connectivity index (χ0n) is 14.7. The summed E-state index contributed by atoms with van der Waals surface area (Å²) in [6.07, 6.45) is 0. The van der Waals surface area contributed by atoms with Gasteiger partial charge in [0.25, 0.3) is 0 Å². The molecule has 0 saturated carbocycles. The molecule has 0 aromatic heterocycles. The number of aryl methyl sites for hydroxylation is 3. The Labute approximate surface area is 143 Å². The zero-order chi connectivity index (χ0) is 17.3. The van der Waals surface area contributed by atoms with Crippen LogP contribution in [-0.4, -0.2) is 25.1 Å². The Morgan fingerprint density at radius 2 is 1.88 bits per heavy atom. The van der Waals surface area contributed by atoms with Gasteiger partial charge >= 0.3 is 0 Å². The molecule has 126 valence electrons. The van der Waals surface area contributed by atoms with Gasteiger partial charge in [-0.3, -0.25) is 4.79 Å². The van der Waals surface area contributed by atoms with Crippen molar-refractivity contribution >= 4 is 17.3 Å². The topological polar surface area (TPSA) is 41.6 Å². The SMILES string of the molecule is Cc1cccc(OCCN2C(=O)C(C)Nc3cc(C)c(C)cc32)c1. The Kier molecular flexibility index (Phi) is 4.47. The first-order valence-electron chi connectivity index (χ1n) is 8.34. The van der Waals surface area contributed by atoms with Crippen LogP contribution < -0.4 is 15.0 Å². The second-order valence-electron chi connectivity index (χ2n) is 6.47. The van der Waals surface area contributed by atoms with Crippen LogP contribution in [-0.2, 0) is 4.79 Å². The van der Waals surface area contributed by atoms with Crippen LogP contribution in [0.5, 0.6) is 5.75 Å². The first kappa shape index (κ1) is 16.4. The van der Waals surface area contributed by atoms with E-state index in [1.807, 2.05) is 43.0 Å². The maximum Gasteiger partial charge on any atom is 0.249 e. The molecule has 1 aliphatic rings. The molecule has 2 aromatic rings. The Balaban J connectivity index is 1.77. The number of ether oxygens (including phenoxy) is 1. The first-order valence-corrected chi connectivity index (χ1v) is 8.34. The molecule has 0 saturated heterocycles. The number of benzene rings is 2. The zero-order valence-corrected chi connectivity index (χ0v) is 14.7. The van der Waals surface area contributed by atoms with E-state index in [0.29, 0.717) is 13.2 Å². The van der Waals surface area contributed by atoms with E-state index in [1.54, 1.807) is 0 Å². The van der Waals surface area contributed by atoms with Gasteiger partial charge in [0.2, 0.25) is 5.91 Å². The molecule has 1 N–H and O–H groups in total. The summed E-state index contributed by atoms with van der Waals surface area (Å²) in [6.45, 7) is 9.09. The van der Waals surface area contributed by atoms with Crippen molar-refractivity contribution in [2.75, 3.05) is 23.4 Å². The van der Waals surface area contributed by atoms with Gasteiger partial charge < -0.3 is 15.0 Å². The molecule has 1 heterocycles. The van der Waals surface area contributed by atoms with Gasteiger partial charge in [0.15, 0.2) is 0 Å². The van der Waals surface area contributed by atoms with Gasteiger partial charge in [-0.05, 0) is 68.7 Å². The summed E-state index contributed by atoms with van der Waals surface area (Å²) in [5, 5.41) is 3.29. The van der Waals surface area contributed by atoms with Crippen molar-refractivity contribution in [3.05, 3.63) is 53.1 Å². The van der Waals surface area contributed by atoms with Crippen LogP contribution >= 0.6 is 0 Å². The van der Waals surface area contributed by atoms with E-state index in [2.05, 4.69) is 31.3 Å². The Bertz CT molecular complexity index is 770. The molecule has 0 bridgehead atoms. The fourth-order valence-corrected chi connectivity index (χ4v) is 2.98.